The second-order valence-corrected chi connectivity index (χ2v) is 7.49. The van der Waals surface area contributed by atoms with Crippen LogP contribution < -0.4 is 0 Å². The molecule has 1 amide bonds. The van der Waals surface area contributed by atoms with Gasteiger partial charge in [-0.15, -0.1) is 0 Å². The Balaban J connectivity index is 1.34. The summed E-state index contributed by atoms with van der Waals surface area (Å²) in [4.78, 5) is 19.2. The van der Waals surface area contributed by atoms with Crippen molar-refractivity contribution in [3.8, 4) is 0 Å². The normalized spacial score (nSPS) is 24.8. The molecule has 6 nitrogen and oxygen atoms in total. The highest BCUT2D eigenvalue weighted by atomic mass is 16.5. The summed E-state index contributed by atoms with van der Waals surface area (Å²) in [6.07, 6.45) is 9.66. The highest BCUT2D eigenvalue weighted by Gasteiger charge is 2.37. The minimum Gasteiger partial charge on any atom is -0.381 e. The number of carbonyl (C=O) groups excluding carboxylic acids is 1. The molecule has 24 heavy (non-hydrogen) atoms. The molecule has 1 unspecified atom stereocenters. The summed E-state index contributed by atoms with van der Waals surface area (Å²) < 4.78 is 11.1. The zero-order chi connectivity index (χ0) is 16.4. The van der Waals surface area contributed by atoms with E-state index in [1.807, 2.05) is 4.90 Å². The van der Waals surface area contributed by atoms with Crippen molar-refractivity contribution in [1.29, 1.82) is 0 Å². The fourth-order valence-electron chi connectivity index (χ4n) is 3.54. The monoisotopic (exact) mass is 333 g/mol. The predicted molar refractivity (Wildman–Crippen MR) is 87.2 cm³/mol. The van der Waals surface area contributed by atoms with Crippen LogP contribution >= 0.6 is 0 Å². The van der Waals surface area contributed by atoms with E-state index in [9.17, 15) is 4.79 Å². The van der Waals surface area contributed by atoms with Crippen molar-refractivity contribution in [3.05, 3.63) is 11.7 Å². The molecule has 0 spiro atoms. The minimum absolute atomic E-state index is 0.0273. The van der Waals surface area contributed by atoms with Gasteiger partial charge in [0, 0.05) is 25.5 Å². The molecule has 3 aliphatic rings. The third-order valence-corrected chi connectivity index (χ3v) is 5.53. The topological polar surface area (TPSA) is 68.5 Å². The van der Waals surface area contributed by atoms with E-state index in [0.29, 0.717) is 30.7 Å². The molecular weight excluding hydrogens is 306 g/mol. The van der Waals surface area contributed by atoms with Crippen LogP contribution in [-0.4, -0.2) is 40.7 Å². The van der Waals surface area contributed by atoms with Crippen molar-refractivity contribution in [2.24, 2.45) is 11.8 Å². The van der Waals surface area contributed by atoms with E-state index in [4.69, 9.17) is 9.26 Å². The number of aromatic nitrogens is 2. The van der Waals surface area contributed by atoms with Crippen LogP contribution in [0.4, 0.5) is 0 Å². The molecule has 1 aliphatic heterocycles. The van der Waals surface area contributed by atoms with Gasteiger partial charge in [0.2, 0.25) is 11.8 Å². The van der Waals surface area contributed by atoms with Gasteiger partial charge in [-0.25, -0.2) is 0 Å². The van der Waals surface area contributed by atoms with Gasteiger partial charge >= 0.3 is 0 Å². The highest BCUT2D eigenvalue weighted by molar-refractivity contribution is 5.80. The molecule has 1 saturated heterocycles. The number of amides is 1. The summed E-state index contributed by atoms with van der Waals surface area (Å²) in [7, 11) is 0. The molecule has 0 bridgehead atoms. The van der Waals surface area contributed by atoms with Gasteiger partial charge in [-0.05, 0) is 50.9 Å². The first-order valence-electron chi connectivity index (χ1n) is 9.52. The van der Waals surface area contributed by atoms with Crippen LogP contribution in [-0.2, 0) is 16.0 Å². The van der Waals surface area contributed by atoms with Crippen molar-refractivity contribution in [1.82, 2.24) is 15.0 Å². The lowest BCUT2D eigenvalue weighted by Crippen LogP contribution is -2.43. The Hall–Kier alpha value is -1.43. The molecule has 2 saturated carbocycles. The van der Waals surface area contributed by atoms with E-state index in [0.717, 1.165) is 51.2 Å². The maximum Gasteiger partial charge on any atom is 0.249 e. The van der Waals surface area contributed by atoms with Crippen molar-refractivity contribution >= 4 is 5.91 Å². The first-order valence-corrected chi connectivity index (χ1v) is 9.52. The van der Waals surface area contributed by atoms with Gasteiger partial charge in [-0.1, -0.05) is 11.6 Å². The van der Waals surface area contributed by atoms with E-state index in [1.54, 1.807) is 0 Å². The van der Waals surface area contributed by atoms with Gasteiger partial charge < -0.3 is 14.2 Å². The number of piperidine rings is 1. The lowest BCUT2D eigenvalue weighted by atomic mass is 9.83. The Labute approximate surface area is 142 Å². The van der Waals surface area contributed by atoms with E-state index in [1.165, 1.54) is 19.3 Å². The number of carbonyl (C=O) groups is 1. The molecule has 0 radical (unpaired) electrons. The van der Waals surface area contributed by atoms with Crippen LogP contribution in [0.2, 0.25) is 0 Å². The Kier molecular flexibility index (Phi) is 4.83. The fraction of sp³-hybridized carbons (Fsp3) is 0.833. The quantitative estimate of drug-likeness (QED) is 0.718. The number of rotatable bonds is 7. The summed E-state index contributed by atoms with van der Waals surface area (Å²) >= 11 is 0. The number of likely N-dealkylation sites (tertiary alicyclic amines) is 1. The smallest absolute Gasteiger partial charge is 0.249 e. The molecule has 1 aromatic heterocycles. The SMILES string of the molecule is O=C(C1CCC1)N1CCCCC1c1nc(CCOCC2CC2)no1. The molecule has 0 aromatic carbocycles. The van der Waals surface area contributed by atoms with Gasteiger partial charge in [0.1, 0.15) is 6.04 Å². The van der Waals surface area contributed by atoms with Crippen LogP contribution in [0.15, 0.2) is 4.52 Å². The number of ether oxygens (including phenoxy) is 1. The Morgan fingerprint density at radius 2 is 2.04 bits per heavy atom. The molecule has 2 heterocycles. The lowest BCUT2D eigenvalue weighted by Gasteiger charge is -2.38. The standard InChI is InChI=1S/C18H27N3O3/c22-18(14-4-3-5-14)21-10-2-1-6-15(21)17-19-16(20-24-17)9-11-23-12-13-7-8-13/h13-15H,1-12H2. The molecule has 1 aromatic rings. The van der Waals surface area contributed by atoms with E-state index >= 15 is 0 Å². The van der Waals surface area contributed by atoms with Crippen molar-refractivity contribution < 1.29 is 14.1 Å². The Morgan fingerprint density at radius 1 is 1.17 bits per heavy atom. The average molecular weight is 333 g/mol. The van der Waals surface area contributed by atoms with Gasteiger partial charge in [-0.2, -0.15) is 4.98 Å². The van der Waals surface area contributed by atoms with Crippen LogP contribution in [0.5, 0.6) is 0 Å². The fourth-order valence-corrected chi connectivity index (χ4v) is 3.54. The van der Waals surface area contributed by atoms with E-state index in [-0.39, 0.29) is 12.0 Å². The molecule has 132 valence electrons. The van der Waals surface area contributed by atoms with Crippen molar-refractivity contribution in [3.63, 3.8) is 0 Å². The summed E-state index contributed by atoms with van der Waals surface area (Å²) in [5, 5.41) is 4.09. The van der Waals surface area contributed by atoms with Gasteiger partial charge in [0.25, 0.3) is 0 Å². The van der Waals surface area contributed by atoms with Crippen LogP contribution in [0.25, 0.3) is 0 Å². The average Bonchev–Trinajstić information content (AvgIpc) is 3.26. The van der Waals surface area contributed by atoms with Crippen molar-refractivity contribution in [2.45, 2.75) is 63.8 Å². The molecule has 6 heteroatoms. The highest BCUT2D eigenvalue weighted by Crippen LogP contribution is 2.35. The number of hydrogen-bond donors (Lipinski definition) is 0. The molecule has 2 aliphatic carbocycles. The van der Waals surface area contributed by atoms with Crippen molar-refractivity contribution in [2.75, 3.05) is 19.8 Å². The maximum absolute atomic E-state index is 12.7. The van der Waals surface area contributed by atoms with Gasteiger partial charge in [0.05, 0.1) is 6.61 Å². The largest absolute Gasteiger partial charge is 0.381 e. The molecule has 3 fully saturated rings. The summed E-state index contributed by atoms with van der Waals surface area (Å²) in [5.41, 5.74) is 0. The third-order valence-electron chi connectivity index (χ3n) is 5.53. The van der Waals surface area contributed by atoms with Gasteiger partial charge in [0.15, 0.2) is 5.82 Å². The number of nitrogens with zero attached hydrogens (tertiary/aromatic N) is 3. The van der Waals surface area contributed by atoms with Crippen LogP contribution in [0.1, 0.15) is 69.1 Å². The summed E-state index contributed by atoms with van der Waals surface area (Å²) in [6.45, 7) is 2.32. The van der Waals surface area contributed by atoms with Gasteiger partial charge in [-0.3, -0.25) is 4.79 Å². The Bertz CT molecular complexity index is 566. The molecule has 4 rings (SSSR count). The number of hydrogen-bond acceptors (Lipinski definition) is 5. The second-order valence-electron chi connectivity index (χ2n) is 7.49. The van der Waals surface area contributed by atoms with E-state index in [2.05, 4.69) is 10.1 Å². The van der Waals surface area contributed by atoms with E-state index < -0.39 is 0 Å². The predicted octanol–water partition coefficient (Wildman–Crippen LogP) is 2.89. The minimum atomic E-state index is -0.0273. The van der Waals surface area contributed by atoms with Crippen LogP contribution in [0.3, 0.4) is 0 Å². The maximum atomic E-state index is 12.7. The zero-order valence-electron chi connectivity index (χ0n) is 14.3. The first kappa shape index (κ1) is 16.1. The summed E-state index contributed by atoms with van der Waals surface area (Å²) in [5.74, 6) is 2.60. The summed E-state index contributed by atoms with van der Waals surface area (Å²) in [6, 6.07) is -0.0273. The molecule has 0 N–H and O–H groups in total. The lowest BCUT2D eigenvalue weighted by molar-refractivity contribution is -0.142. The third kappa shape index (κ3) is 3.63. The molecular formula is C18H27N3O3. The van der Waals surface area contributed by atoms with Crippen LogP contribution in [0, 0.1) is 11.8 Å². The molecule has 1 atom stereocenters. The first-order chi connectivity index (χ1) is 11.8. The Morgan fingerprint density at radius 3 is 2.79 bits per heavy atom. The zero-order valence-corrected chi connectivity index (χ0v) is 14.3. The second kappa shape index (κ2) is 7.21.